The fourth-order valence-corrected chi connectivity index (χ4v) is 1.30. The number of nitrogens with one attached hydrogen (secondary N) is 1. The van der Waals surface area contributed by atoms with Crippen molar-refractivity contribution in [3.05, 3.63) is 35.4 Å². The van der Waals surface area contributed by atoms with Gasteiger partial charge in [0.25, 0.3) is 5.91 Å². The van der Waals surface area contributed by atoms with Crippen LogP contribution >= 0.6 is 0 Å². The summed E-state index contributed by atoms with van der Waals surface area (Å²) in [5, 5.41) is 11.4. The zero-order chi connectivity index (χ0) is 14.1. The van der Waals surface area contributed by atoms with E-state index in [2.05, 4.69) is 5.32 Å². The zero-order valence-corrected chi connectivity index (χ0v) is 10.7. The summed E-state index contributed by atoms with van der Waals surface area (Å²) in [4.78, 5) is 22.9. The number of hydrogen-bond donors (Lipinski definition) is 2. The molecule has 0 bridgehead atoms. The number of methoxy groups -OCH3 is 1. The lowest BCUT2D eigenvalue weighted by Gasteiger charge is -2.06. The second kappa shape index (κ2) is 8.23. The molecule has 0 spiro atoms. The van der Waals surface area contributed by atoms with Crippen molar-refractivity contribution < 1.29 is 24.2 Å². The minimum atomic E-state index is -0.577. The third-order valence-corrected chi connectivity index (χ3v) is 2.33. The number of aliphatic hydroxyl groups is 1. The van der Waals surface area contributed by atoms with Crippen LogP contribution in [0.2, 0.25) is 0 Å². The number of esters is 1. The quantitative estimate of drug-likeness (QED) is 0.540. The molecular formula is C13H17NO5. The predicted octanol–water partition coefficient (Wildman–Crippen LogP) is 0.0983. The first-order valence-corrected chi connectivity index (χ1v) is 5.80. The molecule has 0 saturated carbocycles. The highest BCUT2D eigenvalue weighted by atomic mass is 16.5. The van der Waals surface area contributed by atoms with Gasteiger partial charge in [0, 0.05) is 13.7 Å². The second-order valence-corrected chi connectivity index (χ2v) is 3.77. The van der Waals surface area contributed by atoms with E-state index in [1.807, 2.05) is 0 Å². The molecule has 1 aromatic rings. The fourth-order valence-electron chi connectivity index (χ4n) is 1.30. The van der Waals surface area contributed by atoms with Crippen molar-refractivity contribution in [1.82, 2.24) is 5.32 Å². The Balaban J connectivity index is 2.35. The van der Waals surface area contributed by atoms with Gasteiger partial charge in [0.2, 0.25) is 0 Å². The molecule has 6 nitrogen and oxygen atoms in total. The van der Waals surface area contributed by atoms with E-state index in [4.69, 9.17) is 14.6 Å². The average molecular weight is 267 g/mol. The normalized spacial score (nSPS) is 10.0. The number of amides is 1. The van der Waals surface area contributed by atoms with E-state index >= 15 is 0 Å². The van der Waals surface area contributed by atoms with Crippen molar-refractivity contribution in [3.63, 3.8) is 0 Å². The Morgan fingerprint density at radius 3 is 2.53 bits per heavy atom. The molecule has 0 radical (unpaired) electrons. The van der Waals surface area contributed by atoms with Gasteiger partial charge in [-0.1, -0.05) is 12.1 Å². The molecule has 0 aliphatic rings. The SMILES string of the molecule is COCCNC(=O)COC(=O)c1ccc(CO)cc1. The van der Waals surface area contributed by atoms with Crippen LogP contribution in [0.3, 0.4) is 0 Å². The third kappa shape index (κ3) is 5.50. The molecule has 0 fully saturated rings. The van der Waals surface area contributed by atoms with Gasteiger partial charge in [-0.2, -0.15) is 0 Å². The van der Waals surface area contributed by atoms with Crippen LogP contribution in [-0.2, 0) is 20.9 Å². The Kier molecular flexibility index (Phi) is 6.56. The molecule has 19 heavy (non-hydrogen) atoms. The Bertz CT molecular complexity index is 416. The van der Waals surface area contributed by atoms with E-state index in [0.717, 1.165) is 0 Å². The summed E-state index contributed by atoms with van der Waals surface area (Å²) in [5.74, 6) is -0.955. The molecule has 6 heteroatoms. The molecule has 1 aromatic carbocycles. The monoisotopic (exact) mass is 267 g/mol. The Hall–Kier alpha value is -1.92. The highest BCUT2D eigenvalue weighted by Crippen LogP contribution is 2.05. The third-order valence-electron chi connectivity index (χ3n) is 2.33. The van der Waals surface area contributed by atoms with E-state index in [0.29, 0.717) is 24.3 Å². The summed E-state index contributed by atoms with van der Waals surface area (Å²) in [6.07, 6.45) is 0. The summed E-state index contributed by atoms with van der Waals surface area (Å²) < 4.78 is 9.61. The van der Waals surface area contributed by atoms with Crippen molar-refractivity contribution in [2.24, 2.45) is 0 Å². The van der Waals surface area contributed by atoms with Gasteiger partial charge >= 0.3 is 5.97 Å². The molecule has 1 amide bonds. The zero-order valence-electron chi connectivity index (χ0n) is 10.7. The molecule has 0 heterocycles. The molecule has 104 valence electrons. The lowest BCUT2D eigenvalue weighted by atomic mass is 10.1. The molecule has 0 aliphatic heterocycles. The van der Waals surface area contributed by atoms with E-state index in [1.165, 1.54) is 19.2 Å². The van der Waals surface area contributed by atoms with Crippen molar-refractivity contribution in [3.8, 4) is 0 Å². The number of benzene rings is 1. The smallest absolute Gasteiger partial charge is 0.338 e. The largest absolute Gasteiger partial charge is 0.452 e. The van der Waals surface area contributed by atoms with Crippen molar-refractivity contribution in [2.75, 3.05) is 26.9 Å². The Morgan fingerprint density at radius 1 is 1.26 bits per heavy atom. The van der Waals surface area contributed by atoms with Crippen molar-refractivity contribution >= 4 is 11.9 Å². The second-order valence-electron chi connectivity index (χ2n) is 3.77. The number of carbonyl (C=O) groups is 2. The highest BCUT2D eigenvalue weighted by molar-refractivity contribution is 5.91. The van der Waals surface area contributed by atoms with Crippen LogP contribution in [0.25, 0.3) is 0 Å². The van der Waals surface area contributed by atoms with Gasteiger partial charge in [0.15, 0.2) is 6.61 Å². The summed E-state index contributed by atoms with van der Waals surface area (Å²) >= 11 is 0. The first-order chi connectivity index (χ1) is 9.17. The first-order valence-electron chi connectivity index (χ1n) is 5.80. The summed E-state index contributed by atoms with van der Waals surface area (Å²) in [6, 6.07) is 6.32. The van der Waals surface area contributed by atoms with Gasteiger partial charge in [0.05, 0.1) is 18.8 Å². The van der Waals surface area contributed by atoms with Gasteiger partial charge in [0.1, 0.15) is 0 Å². The minimum Gasteiger partial charge on any atom is -0.452 e. The fraction of sp³-hybridized carbons (Fsp3) is 0.385. The molecule has 0 atom stereocenters. The Morgan fingerprint density at radius 2 is 1.95 bits per heavy atom. The number of hydrogen-bond acceptors (Lipinski definition) is 5. The van der Waals surface area contributed by atoms with Crippen LogP contribution in [0.1, 0.15) is 15.9 Å². The standard InChI is InChI=1S/C13H17NO5/c1-18-7-6-14-12(16)9-19-13(17)11-4-2-10(8-15)3-5-11/h2-5,15H,6-9H2,1H3,(H,14,16). The summed E-state index contributed by atoms with van der Waals surface area (Å²) in [6.45, 7) is 0.363. The van der Waals surface area contributed by atoms with E-state index in [9.17, 15) is 9.59 Å². The molecule has 0 saturated heterocycles. The predicted molar refractivity (Wildman–Crippen MR) is 67.5 cm³/mol. The van der Waals surface area contributed by atoms with Gasteiger partial charge in [-0.05, 0) is 17.7 Å². The first kappa shape index (κ1) is 15.1. The van der Waals surface area contributed by atoms with Gasteiger partial charge in [-0.3, -0.25) is 4.79 Å². The maximum atomic E-state index is 11.6. The van der Waals surface area contributed by atoms with E-state index in [-0.39, 0.29) is 19.1 Å². The average Bonchev–Trinajstić information content (AvgIpc) is 2.45. The van der Waals surface area contributed by atoms with E-state index < -0.39 is 5.97 Å². The van der Waals surface area contributed by atoms with Crippen LogP contribution in [-0.4, -0.2) is 43.9 Å². The summed E-state index contributed by atoms with van der Waals surface area (Å²) in [7, 11) is 1.53. The molecule has 0 aromatic heterocycles. The van der Waals surface area contributed by atoms with Crippen LogP contribution < -0.4 is 5.32 Å². The molecular weight excluding hydrogens is 250 g/mol. The number of ether oxygens (including phenoxy) is 2. The maximum absolute atomic E-state index is 11.6. The number of aliphatic hydroxyl groups excluding tert-OH is 1. The lowest BCUT2D eigenvalue weighted by molar-refractivity contribution is -0.124. The maximum Gasteiger partial charge on any atom is 0.338 e. The highest BCUT2D eigenvalue weighted by Gasteiger charge is 2.09. The van der Waals surface area contributed by atoms with Crippen LogP contribution in [0, 0.1) is 0 Å². The Labute approximate surface area is 111 Å². The topological polar surface area (TPSA) is 84.9 Å². The minimum absolute atomic E-state index is 0.0861. The summed E-state index contributed by atoms with van der Waals surface area (Å²) in [5.41, 5.74) is 1.04. The van der Waals surface area contributed by atoms with Crippen LogP contribution in [0.4, 0.5) is 0 Å². The number of rotatable bonds is 7. The molecule has 0 aliphatic carbocycles. The van der Waals surface area contributed by atoms with Crippen LogP contribution in [0.5, 0.6) is 0 Å². The lowest BCUT2D eigenvalue weighted by Crippen LogP contribution is -2.31. The van der Waals surface area contributed by atoms with Crippen molar-refractivity contribution in [1.29, 1.82) is 0 Å². The van der Waals surface area contributed by atoms with Crippen molar-refractivity contribution in [2.45, 2.75) is 6.61 Å². The molecule has 1 rings (SSSR count). The molecule has 2 N–H and O–H groups in total. The van der Waals surface area contributed by atoms with Gasteiger partial charge < -0.3 is 19.9 Å². The molecule has 0 unspecified atom stereocenters. The van der Waals surface area contributed by atoms with Gasteiger partial charge in [-0.15, -0.1) is 0 Å². The van der Waals surface area contributed by atoms with E-state index in [1.54, 1.807) is 12.1 Å². The van der Waals surface area contributed by atoms with Gasteiger partial charge in [-0.25, -0.2) is 4.79 Å². The van der Waals surface area contributed by atoms with Crippen LogP contribution in [0.15, 0.2) is 24.3 Å². The number of carbonyl (C=O) groups excluding carboxylic acids is 2.